The van der Waals surface area contributed by atoms with E-state index in [-0.39, 0.29) is 46.9 Å². The fraction of sp³-hybridized carbons (Fsp3) is 0.130. The van der Waals surface area contributed by atoms with Gasteiger partial charge < -0.3 is 30.3 Å². The first-order chi connectivity index (χ1) is 16.5. The van der Waals surface area contributed by atoms with Crippen molar-refractivity contribution < 1.29 is 24.5 Å². The first-order valence-electron chi connectivity index (χ1n) is 10.2. The van der Waals surface area contributed by atoms with E-state index in [2.05, 4.69) is 20.7 Å². The lowest BCUT2D eigenvalue weighted by molar-refractivity contribution is 0.0224. The minimum atomic E-state index is -1.36. The Balaban J connectivity index is 1.67. The molecule has 0 aliphatic carbocycles. The van der Waals surface area contributed by atoms with Crippen molar-refractivity contribution in [3.05, 3.63) is 87.3 Å². The lowest BCUT2D eigenvalue weighted by Gasteiger charge is -2.37. The first kappa shape index (κ1) is 21.4. The smallest absolute Gasteiger partial charge is 0.340 e. The van der Waals surface area contributed by atoms with Crippen LogP contribution >= 0.6 is 12.2 Å². The molecule has 3 aromatic rings. The number of phenolic OH excluding ortho intramolecular Hbond substituents is 2. The molecular weight excluding hydrogens is 458 g/mol. The zero-order valence-corrected chi connectivity index (χ0v) is 18.3. The predicted molar refractivity (Wildman–Crippen MR) is 126 cm³/mol. The molecule has 1 spiro atoms. The Kier molecular flexibility index (Phi) is 5.12. The Morgan fingerprint density at radius 1 is 1.12 bits per heavy atom. The Labute approximate surface area is 198 Å². The lowest BCUT2D eigenvalue weighted by Crippen LogP contribution is -2.34. The topological polar surface area (TPSA) is 149 Å². The quantitative estimate of drug-likeness (QED) is 0.0832. The molecule has 1 atom stereocenters. The van der Waals surface area contributed by atoms with Gasteiger partial charge in [0.05, 0.1) is 11.1 Å². The Bertz CT molecular complexity index is 1400. The fourth-order valence-electron chi connectivity index (χ4n) is 4.26. The van der Waals surface area contributed by atoms with Gasteiger partial charge >= 0.3 is 5.97 Å². The summed E-state index contributed by atoms with van der Waals surface area (Å²) in [6, 6.07) is 14.7. The molecule has 0 saturated carbocycles. The van der Waals surface area contributed by atoms with Crippen molar-refractivity contribution >= 4 is 29.0 Å². The van der Waals surface area contributed by atoms with Gasteiger partial charge in [0.15, 0.2) is 16.5 Å². The van der Waals surface area contributed by atoms with Gasteiger partial charge in [0.25, 0.3) is 0 Å². The molecule has 2 aliphatic rings. The number of nitrogens with one attached hydrogen (secondary N) is 2. The second kappa shape index (κ2) is 8.14. The minimum Gasteiger partial charge on any atom is -0.508 e. The number of hydrogen-bond acceptors (Lipinski definition) is 7. The molecule has 2 heterocycles. The van der Waals surface area contributed by atoms with E-state index < -0.39 is 11.6 Å². The average Bonchev–Trinajstić information content (AvgIpc) is 3.12. The van der Waals surface area contributed by atoms with Crippen molar-refractivity contribution in [3.63, 3.8) is 0 Å². The largest absolute Gasteiger partial charge is 0.508 e. The molecule has 10 nitrogen and oxygen atoms in total. The molecule has 34 heavy (non-hydrogen) atoms. The molecule has 4 N–H and O–H groups in total. The number of carbonyl (C=O) groups excluding carboxylic acids is 1. The number of thiocarbonyl (C=S) groups is 1. The highest BCUT2D eigenvalue weighted by molar-refractivity contribution is 7.80. The highest BCUT2D eigenvalue weighted by atomic mass is 32.1. The van der Waals surface area contributed by atoms with E-state index in [1.807, 2.05) is 0 Å². The van der Waals surface area contributed by atoms with Gasteiger partial charge in [0.2, 0.25) is 0 Å². The van der Waals surface area contributed by atoms with Crippen LogP contribution in [-0.2, 0) is 10.3 Å². The van der Waals surface area contributed by atoms with Crippen molar-refractivity contribution in [2.45, 2.75) is 5.60 Å². The fourth-order valence-corrected chi connectivity index (χ4v) is 4.46. The number of azide groups is 1. The average molecular weight is 475 g/mol. The number of nitrogens with zero attached hydrogens (tertiary/aromatic N) is 3. The Morgan fingerprint density at radius 3 is 2.74 bits per heavy atom. The van der Waals surface area contributed by atoms with Crippen molar-refractivity contribution in [2.75, 3.05) is 18.4 Å². The molecule has 1 unspecified atom stereocenters. The molecule has 0 fully saturated rings. The van der Waals surface area contributed by atoms with Crippen LogP contribution in [-0.4, -0.2) is 34.4 Å². The van der Waals surface area contributed by atoms with Gasteiger partial charge in [0, 0.05) is 35.2 Å². The molecule has 2 aliphatic heterocycles. The molecule has 0 amide bonds. The third-order valence-electron chi connectivity index (χ3n) is 5.64. The van der Waals surface area contributed by atoms with E-state index >= 15 is 0 Å². The number of ether oxygens (including phenoxy) is 2. The summed E-state index contributed by atoms with van der Waals surface area (Å²) in [7, 11) is 0. The van der Waals surface area contributed by atoms with Gasteiger partial charge in [0.1, 0.15) is 22.9 Å². The van der Waals surface area contributed by atoms with Crippen LogP contribution in [0.25, 0.3) is 10.4 Å². The summed E-state index contributed by atoms with van der Waals surface area (Å²) >= 11 is 5.31. The lowest BCUT2D eigenvalue weighted by atomic mass is 9.77. The summed E-state index contributed by atoms with van der Waals surface area (Å²) in [6.07, 6.45) is 0. The number of benzene rings is 3. The summed E-state index contributed by atoms with van der Waals surface area (Å²) in [5.41, 5.74) is 9.22. The van der Waals surface area contributed by atoms with Crippen molar-refractivity contribution in [1.29, 1.82) is 0 Å². The SMILES string of the molecule is [N-]=[N+]=NCCNC(=S)Nc1c(O)ccc2c1Oc1cc(O)ccc1C21OC(=O)c2ccccc21. The molecule has 11 heteroatoms. The molecular formula is C23H17N5O5S. The van der Waals surface area contributed by atoms with Crippen LogP contribution in [0.15, 0.2) is 59.7 Å². The van der Waals surface area contributed by atoms with E-state index in [4.69, 9.17) is 27.2 Å². The van der Waals surface area contributed by atoms with Crippen LogP contribution in [0.2, 0.25) is 0 Å². The van der Waals surface area contributed by atoms with Gasteiger partial charge in [-0.3, -0.25) is 0 Å². The Hall–Kier alpha value is -4.47. The second-order valence-electron chi connectivity index (χ2n) is 7.57. The van der Waals surface area contributed by atoms with E-state index in [0.717, 1.165) is 0 Å². The van der Waals surface area contributed by atoms with E-state index in [0.29, 0.717) is 22.3 Å². The summed E-state index contributed by atoms with van der Waals surface area (Å²) in [4.78, 5) is 15.6. The first-order valence-corrected chi connectivity index (χ1v) is 10.6. The van der Waals surface area contributed by atoms with E-state index in [9.17, 15) is 15.0 Å². The van der Waals surface area contributed by atoms with Gasteiger partial charge in [-0.25, -0.2) is 4.79 Å². The van der Waals surface area contributed by atoms with Crippen LogP contribution in [0.1, 0.15) is 27.0 Å². The van der Waals surface area contributed by atoms with Crippen LogP contribution < -0.4 is 15.4 Å². The standard InChI is InChI=1S/C23H17N5O5S/c24-28-26-10-9-25-22(34)27-19-17(30)8-7-16-20(19)32-18-11-12(29)5-6-15(18)23(16)14-4-2-1-3-13(14)21(31)33-23/h1-8,11,29-30H,9-10H2,(H2,25,27,34). The number of carbonyl (C=O) groups is 1. The maximum atomic E-state index is 12.9. The van der Waals surface area contributed by atoms with Crippen LogP contribution in [0.3, 0.4) is 0 Å². The molecule has 0 saturated heterocycles. The Morgan fingerprint density at radius 2 is 1.91 bits per heavy atom. The monoisotopic (exact) mass is 475 g/mol. The van der Waals surface area contributed by atoms with Crippen molar-refractivity contribution in [3.8, 4) is 23.0 Å². The van der Waals surface area contributed by atoms with Gasteiger partial charge in [-0.05, 0) is 48.1 Å². The number of esters is 1. The second-order valence-corrected chi connectivity index (χ2v) is 7.98. The van der Waals surface area contributed by atoms with E-state index in [1.54, 1.807) is 36.4 Å². The highest BCUT2D eigenvalue weighted by Gasteiger charge is 2.54. The van der Waals surface area contributed by atoms with Gasteiger partial charge in [-0.15, -0.1) is 0 Å². The molecule has 0 radical (unpaired) electrons. The number of phenols is 2. The number of anilines is 1. The zero-order valence-electron chi connectivity index (χ0n) is 17.5. The molecule has 3 aromatic carbocycles. The maximum absolute atomic E-state index is 12.9. The number of rotatable bonds is 4. The molecule has 170 valence electrons. The molecule has 5 rings (SSSR count). The third kappa shape index (κ3) is 3.22. The summed E-state index contributed by atoms with van der Waals surface area (Å²) in [6.45, 7) is 0.453. The van der Waals surface area contributed by atoms with Crippen molar-refractivity contribution in [2.24, 2.45) is 5.11 Å². The predicted octanol–water partition coefficient (Wildman–Crippen LogP) is 4.26. The summed E-state index contributed by atoms with van der Waals surface area (Å²) in [5.74, 6) is -0.260. The van der Waals surface area contributed by atoms with Gasteiger partial charge in [-0.2, -0.15) is 0 Å². The summed E-state index contributed by atoms with van der Waals surface area (Å²) in [5, 5.41) is 30.1. The highest BCUT2D eigenvalue weighted by Crippen LogP contribution is 2.59. The molecule has 0 bridgehead atoms. The maximum Gasteiger partial charge on any atom is 0.340 e. The number of aromatic hydroxyl groups is 2. The van der Waals surface area contributed by atoms with E-state index in [1.165, 1.54) is 18.2 Å². The zero-order chi connectivity index (χ0) is 23.9. The third-order valence-corrected chi connectivity index (χ3v) is 5.89. The normalized spacial score (nSPS) is 16.9. The van der Waals surface area contributed by atoms with Crippen LogP contribution in [0, 0.1) is 0 Å². The van der Waals surface area contributed by atoms with Crippen LogP contribution in [0.5, 0.6) is 23.0 Å². The molecule has 0 aromatic heterocycles. The minimum absolute atomic E-state index is 0.0418. The van der Waals surface area contributed by atoms with Crippen molar-refractivity contribution in [1.82, 2.24) is 5.32 Å². The van der Waals surface area contributed by atoms with Crippen LogP contribution in [0.4, 0.5) is 5.69 Å². The number of fused-ring (bicyclic) bond motifs is 6. The van der Waals surface area contributed by atoms with Gasteiger partial charge in [-0.1, -0.05) is 23.3 Å². The number of hydrogen-bond donors (Lipinski definition) is 4. The summed E-state index contributed by atoms with van der Waals surface area (Å²) < 4.78 is 12.2.